The van der Waals surface area contributed by atoms with Crippen LogP contribution in [0, 0.1) is 11.8 Å². The molecule has 0 saturated carbocycles. The van der Waals surface area contributed by atoms with Gasteiger partial charge >= 0.3 is 5.97 Å². The van der Waals surface area contributed by atoms with E-state index in [1.807, 2.05) is 20.8 Å². The number of amides is 3. The summed E-state index contributed by atoms with van der Waals surface area (Å²) in [6, 6.07) is -4.22. The van der Waals surface area contributed by atoms with Crippen LogP contribution in [0.25, 0.3) is 0 Å². The molecule has 0 aliphatic carbocycles. The SMILES string of the molecule is CCC(C)C(NC(=O)C(C)NC(=O)C(N)CC(C)C)C(=O)NC(C(=O)O)C(C)O. The minimum absolute atomic E-state index is 0.217. The third kappa shape index (κ3) is 9.23. The maximum atomic E-state index is 12.6. The summed E-state index contributed by atoms with van der Waals surface area (Å²) in [5.74, 6) is -3.27. The van der Waals surface area contributed by atoms with Gasteiger partial charge in [-0.25, -0.2) is 4.79 Å². The van der Waals surface area contributed by atoms with Crippen molar-refractivity contribution in [3.63, 3.8) is 0 Å². The number of hydrogen-bond acceptors (Lipinski definition) is 6. The maximum absolute atomic E-state index is 12.6. The standard InChI is InChI=1S/C19H36N4O6/c1-7-10(4)14(18(27)23-15(12(6)24)19(28)29)22-16(25)11(5)21-17(26)13(20)8-9(2)3/h9-15,24H,7-8,20H2,1-6H3,(H,21,26)(H,22,25)(H,23,27)(H,28,29). The highest BCUT2D eigenvalue weighted by Crippen LogP contribution is 2.10. The van der Waals surface area contributed by atoms with Gasteiger partial charge in [0, 0.05) is 0 Å². The number of hydrogen-bond donors (Lipinski definition) is 6. The van der Waals surface area contributed by atoms with Gasteiger partial charge in [-0.05, 0) is 32.1 Å². The summed E-state index contributed by atoms with van der Waals surface area (Å²) in [4.78, 5) is 48.4. The average molecular weight is 417 g/mol. The molecule has 0 rings (SSSR count). The summed E-state index contributed by atoms with van der Waals surface area (Å²) >= 11 is 0. The van der Waals surface area contributed by atoms with Gasteiger partial charge in [0.2, 0.25) is 17.7 Å². The summed E-state index contributed by atoms with van der Waals surface area (Å²) in [5.41, 5.74) is 5.81. The molecule has 0 aliphatic heterocycles. The van der Waals surface area contributed by atoms with E-state index in [1.54, 1.807) is 6.92 Å². The van der Waals surface area contributed by atoms with Crippen molar-refractivity contribution in [2.45, 2.75) is 84.7 Å². The van der Waals surface area contributed by atoms with Gasteiger partial charge in [-0.2, -0.15) is 0 Å². The van der Waals surface area contributed by atoms with Crippen molar-refractivity contribution < 1.29 is 29.4 Å². The Morgan fingerprint density at radius 2 is 1.38 bits per heavy atom. The highest BCUT2D eigenvalue weighted by atomic mass is 16.4. The Morgan fingerprint density at radius 3 is 1.79 bits per heavy atom. The van der Waals surface area contributed by atoms with Crippen LogP contribution in [0.2, 0.25) is 0 Å². The molecule has 10 nitrogen and oxygen atoms in total. The largest absolute Gasteiger partial charge is 0.480 e. The van der Waals surface area contributed by atoms with Crippen LogP contribution in [-0.4, -0.2) is 64.2 Å². The van der Waals surface area contributed by atoms with E-state index in [2.05, 4.69) is 16.0 Å². The molecule has 0 bridgehead atoms. The second-order valence-corrected chi connectivity index (χ2v) is 7.90. The summed E-state index contributed by atoms with van der Waals surface area (Å²) in [7, 11) is 0. The zero-order valence-electron chi connectivity index (χ0n) is 18.1. The van der Waals surface area contributed by atoms with Crippen LogP contribution in [0.3, 0.4) is 0 Å². The predicted octanol–water partition coefficient (Wildman–Crippen LogP) is -0.654. The number of aliphatic hydroxyl groups is 1. The van der Waals surface area contributed by atoms with Crippen LogP contribution in [0.5, 0.6) is 0 Å². The molecule has 0 aromatic heterocycles. The molecule has 7 N–H and O–H groups in total. The Balaban J connectivity index is 5.13. The average Bonchev–Trinajstić information content (AvgIpc) is 2.61. The predicted molar refractivity (Wildman–Crippen MR) is 108 cm³/mol. The van der Waals surface area contributed by atoms with Gasteiger partial charge in [-0.15, -0.1) is 0 Å². The molecule has 6 unspecified atom stereocenters. The highest BCUT2D eigenvalue weighted by molar-refractivity contribution is 5.94. The first-order valence-electron chi connectivity index (χ1n) is 9.89. The number of aliphatic hydroxyl groups excluding tert-OH is 1. The molecule has 0 aliphatic rings. The van der Waals surface area contributed by atoms with E-state index in [0.29, 0.717) is 12.8 Å². The Kier molecular flexibility index (Phi) is 11.4. The lowest BCUT2D eigenvalue weighted by Gasteiger charge is -2.27. The van der Waals surface area contributed by atoms with E-state index in [1.165, 1.54) is 13.8 Å². The number of rotatable bonds is 12. The molecule has 6 atom stereocenters. The fourth-order valence-corrected chi connectivity index (χ4v) is 2.61. The van der Waals surface area contributed by atoms with Crippen molar-refractivity contribution in [2.75, 3.05) is 0 Å². The first-order valence-corrected chi connectivity index (χ1v) is 9.89. The van der Waals surface area contributed by atoms with E-state index in [9.17, 15) is 24.3 Å². The number of carbonyl (C=O) groups is 4. The quantitative estimate of drug-likeness (QED) is 0.245. The number of carboxylic acid groups (broad SMARTS) is 1. The van der Waals surface area contributed by atoms with E-state index >= 15 is 0 Å². The fraction of sp³-hybridized carbons (Fsp3) is 0.789. The molecule has 0 spiro atoms. The summed E-state index contributed by atoms with van der Waals surface area (Å²) in [6.45, 7) is 10.1. The van der Waals surface area contributed by atoms with Gasteiger partial charge in [0.05, 0.1) is 12.1 Å². The third-order valence-electron chi connectivity index (χ3n) is 4.65. The molecular weight excluding hydrogens is 380 g/mol. The molecule has 0 saturated heterocycles. The Labute approximate surface area is 172 Å². The summed E-state index contributed by atoms with van der Waals surface area (Å²) in [5, 5.41) is 26.0. The number of aliphatic carboxylic acids is 1. The van der Waals surface area contributed by atoms with Crippen molar-refractivity contribution in [1.82, 2.24) is 16.0 Å². The number of nitrogens with two attached hydrogens (primary N) is 1. The van der Waals surface area contributed by atoms with Crippen molar-refractivity contribution >= 4 is 23.7 Å². The zero-order chi connectivity index (χ0) is 22.9. The van der Waals surface area contributed by atoms with Gasteiger partial charge in [0.15, 0.2) is 6.04 Å². The Hall–Kier alpha value is -2.20. The molecule has 0 aromatic carbocycles. The lowest BCUT2D eigenvalue weighted by molar-refractivity contribution is -0.145. The number of carboxylic acids is 1. The second-order valence-electron chi connectivity index (χ2n) is 7.90. The molecule has 0 fully saturated rings. The summed E-state index contributed by atoms with van der Waals surface area (Å²) in [6.07, 6.45) is -0.316. The fourth-order valence-electron chi connectivity index (χ4n) is 2.61. The normalized spacial score (nSPS) is 17.4. The van der Waals surface area contributed by atoms with Crippen molar-refractivity contribution in [3.05, 3.63) is 0 Å². The van der Waals surface area contributed by atoms with Gasteiger partial charge in [0.1, 0.15) is 12.1 Å². The topological polar surface area (TPSA) is 171 Å². The minimum Gasteiger partial charge on any atom is -0.480 e. The van der Waals surface area contributed by atoms with Gasteiger partial charge in [-0.3, -0.25) is 14.4 Å². The minimum atomic E-state index is -1.50. The molecular formula is C19H36N4O6. The zero-order valence-corrected chi connectivity index (χ0v) is 18.1. The molecule has 0 radical (unpaired) electrons. The second kappa shape index (κ2) is 12.4. The van der Waals surface area contributed by atoms with Gasteiger partial charge in [-0.1, -0.05) is 34.1 Å². The number of carbonyl (C=O) groups excluding carboxylic acids is 3. The molecule has 168 valence electrons. The van der Waals surface area contributed by atoms with Crippen LogP contribution in [0.4, 0.5) is 0 Å². The monoisotopic (exact) mass is 416 g/mol. The van der Waals surface area contributed by atoms with E-state index in [4.69, 9.17) is 10.8 Å². The number of nitrogens with one attached hydrogen (secondary N) is 3. The van der Waals surface area contributed by atoms with Crippen LogP contribution in [0.15, 0.2) is 0 Å². The Bertz CT molecular complexity index is 581. The smallest absolute Gasteiger partial charge is 0.328 e. The van der Waals surface area contributed by atoms with Gasteiger partial charge < -0.3 is 31.9 Å². The molecule has 0 aromatic rings. The van der Waals surface area contributed by atoms with Crippen LogP contribution in [-0.2, 0) is 19.2 Å². The summed E-state index contributed by atoms with van der Waals surface area (Å²) < 4.78 is 0. The third-order valence-corrected chi connectivity index (χ3v) is 4.65. The van der Waals surface area contributed by atoms with Crippen LogP contribution >= 0.6 is 0 Å². The molecule has 0 heterocycles. The van der Waals surface area contributed by atoms with Crippen LogP contribution in [0.1, 0.15) is 54.4 Å². The lowest BCUT2D eigenvalue weighted by atomic mass is 9.97. The van der Waals surface area contributed by atoms with Crippen molar-refractivity contribution in [1.29, 1.82) is 0 Å². The van der Waals surface area contributed by atoms with Crippen LogP contribution < -0.4 is 21.7 Å². The molecule has 29 heavy (non-hydrogen) atoms. The van der Waals surface area contributed by atoms with E-state index < -0.39 is 54.0 Å². The molecule has 3 amide bonds. The van der Waals surface area contributed by atoms with Gasteiger partial charge in [0.25, 0.3) is 0 Å². The first kappa shape index (κ1) is 26.8. The van der Waals surface area contributed by atoms with E-state index in [0.717, 1.165) is 0 Å². The first-order chi connectivity index (χ1) is 13.3. The highest BCUT2D eigenvalue weighted by Gasteiger charge is 2.33. The Morgan fingerprint density at radius 1 is 0.862 bits per heavy atom. The maximum Gasteiger partial charge on any atom is 0.328 e. The lowest BCUT2D eigenvalue weighted by Crippen LogP contribution is -2.59. The van der Waals surface area contributed by atoms with E-state index in [-0.39, 0.29) is 11.8 Å². The molecule has 10 heteroatoms. The van der Waals surface area contributed by atoms with Crippen molar-refractivity contribution in [2.24, 2.45) is 17.6 Å². The van der Waals surface area contributed by atoms with Crippen molar-refractivity contribution in [3.8, 4) is 0 Å².